The fourth-order valence-corrected chi connectivity index (χ4v) is 1.94. The van der Waals surface area contributed by atoms with Crippen LogP contribution in [0.3, 0.4) is 0 Å². The Bertz CT molecular complexity index is 430. The lowest BCUT2D eigenvalue weighted by molar-refractivity contribution is -0.136. The molecule has 0 radical (unpaired) electrons. The van der Waals surface area contributed by atoms with Crippen molar-refractivity contribution < 1.29 is 19.1 Å². The standard InChI is InChI=1S/C15H22N2O4/c1-13-2-4-14(5-3-13)20-12-15(18)16-21-11-8-17-6-9-19-10-7-17/h2-5H,6-12H2,1H3,(H,16,18). The van der Waals surface area contributed by atoms with E-state index in [1.165, 1.54) is 0 Å². The summed E-state index contributed by atoms with van der Waals surface area (Å²) in [5, 5.41) is 0. The molecule has 1 saturated heterocycles. The fraction of sp³-hybridized carbons (Fsp3) is 0.533. The summed E-state index contributed by atoms with van der Waals surface area (Å²) in [6.45, 7) is 6.52. The third kappa shape index (κ3) is 6.12. The molecule has 6 heteroatoms. The predicted molar refractivity (Wildman–Crippen MR) is 78.0 cm³/mol. The summed E-state index contributed by atoms with van der Waals surface area (Å²) in [5.74, 6) is 0.376. The minimum absolute atomic E-state index is 0.0549. The van der Waals surface area contributed by atoms with Crippen molar-refractivity contribution in [2.45, 2.75) is 6.92 Å². The molecular formula is C15H22N2O4. The van der Waals surface area contributed by atoms with Gasteiger partial charge in [-0.3, -0.25) is 14.5 Å². The highest BCUT2D eigenvalue weighted by Crippen LogP contribution is 2.10. The number of hydrogen-bond acceptors (Lipinski definition) is 5. The van der Waals surface area contributed by atoms with E-state index in [0.29, 0.717) is 12.4 Å². The van der Waals surface area contributed by atoms with E-state index in [2.05, 4.69) is 10.4 Å². The van der Waals surface area contributed by atoms with Gasteiger partial charge in [0, 0.05) is 19.6 Å². The number of ether oxygens (including phenoxy) is 2. The van der Waals surface area contributed by atoms with Gasteiger partial charge in [-0.1, -0.05) is 17.7 Å². The van der Waals surface area contributed by atoms with Crippen molar-refractivity contribution in [3.63, 3.8) is 0 Å². The van der Waals surface area contributed by atoms with Gasteiger partial charge in [0.2, 0.25) is 0 Å². The van der Waals surface area contributed by atoms with Crippen LogP contribution < -0.4 is 10.2 Å². The SMILES string of the molecule is Cc1ccc(OCC(=O)NOCCN2CCOCC2)cc1. The second kappa shape index (κ2) is 8.61. The topological polar surface area (TPSA) is 60.0 Å². The van der Waals surface area contributed by atoms with Crippen molar-refractivity contribution in [1.82, 2.24) is 10.4 Å². The van der Waals surface area contributed by atoms with Crippen molar-refractivity contribution >= 4 is 5.91 Å². The number of morpholine rings is 1. The highest BCUT2D eigenvalue weighted by Gasteiger charge is 2.10. The van der Waals surface area contributed by atoms with Gasteiger partial charge in [-0.25, -0.2) is 5.48 Å². The molecule has 1 aliphatic heterocycles. The Balaban J connectivity index is 1.54. The zero-order valence-corrected chi connectivity index (χ0v) is 12.3. The quantitative estimate of drug-likeness (QED) is 0.594. The van der Waals surface area contributed by atoms with Gasteiger partial charge in [-0.15, -0.1) is 0 Å². The monoisotopic (exact) mass is 294 g/mol. The number of aryl methyl sites for hydroxylation is 1. The molecule has 0 aromatic heterocycles. The number of hydrogen-bond donors (Lipinski definition) is 1. The maximum absolute atomic E-state index is 11.5. The molecule has 6 nitrogen and oxygen atoms in total. The van der Waals surface area contributed by atoms with E-state index in [1.807, 2.05) is 31.2 Å². The van der Waals surface area contributed by atoms with Crippen molar-refractivity contribution in [3.8, 4) is 5.75 Å². The number of hydroxylamine groups is 1. The molecule has 1 aromatic carbocycles. The molecule has 1 heterocycles. The average Bonchev–Trinajstić information content (AvgIpc) is 2.52. The first-order chi connectivity index (χ1) is 10.2. The molecular weight excluding hydrogens is 272 g/mol. The van der Waals surface area contributed by atoms with E-state index in [0.717, 1.165) is 38.4 Å². The van der Waals surface area contributed by atoms with Crippen LogP contribution in [-0.4, -0.2) is 56.9 Å². The summed E-state index contributed by atoms with van der Waals surface area (Å²) in [6, 6.07) is 7.54. The Labute approximate surface area is 124 Å². The number of amides is 1. The summed E-state index contributed by atoms with van der Waals surface area (Å²) in [6.07, 6.45) is 0. The fourth-order valence-electron chi connectivity index (χ4n) is 1.94. The van der Waals surface area contributed by atoms with Gasteiger partial charge in [0.1, 0.15) is 5.75 Å². The summed E-state index contributed by atoms with van der Waals surface area (Å²) in [7, 11) is 0. The average molecular weight is 294 g/mol. The van der Waals surface area contributed by atoms with Gasteiger partial charge in [0.15, 0.2) is 6.61 Å². The van der Waals surface area contributed by atoms with Crippen LogP contribution in [0.2, 0.25) is 0 Å². The van der Waals surface area contributed by atoms with Crippen LogP contribution in [-0.2, 0) is 14.4 Å². The molecule has 0 atom stereocenters. The van der Waals surface area contributed by atoms with Crippen LogP contribution in [0.4, 0.5) is 0 Å². The maximum Gasteiger partial charge on any atom is 0.281 e. The largest absolute Gasteiger partial charge is 0.484 e. The molecule has 1 N–H and O–H groups in total. The molecule has 0 bridgehead atoms. The van der Waals surface area contributed by atoms with Gasteiger partial charge < -0.3 is 9.47 Å². The first-order valence-electron chi connectivity index (χ1n) is 7.14. The first-order valence-corrected chi connectivity index (χ1v) is 7.14. The molecule has 0 spiro atoms. The van der Waals surface area contributed by atoms with Crippen LogP contribution >= 0.6 is 0 Å². The number of rotatable bonds is 7. The Morgan fingerprint density at radius 1 is 1.29 bits per heavy atom. The normalized spacial score (nSPS) is 15.7. The Kier molecular flexibility index (Phi) is 6.46. The molecule has 116 valence electrons. The van der Waals surface area contributed by atoms with Crippen molar-refractivity contribution in [3.05, 3.63) is 29.8 Å². The third-order valence-corrected chi connectivity index (χ3v) is 3.19. The second-order valence-electron chi connectivity index (χ2n) is 4.93. The van der Waals surface area contributed by atoms with Crippen molar-refractivity contribution in [2.75, 3.05) is 46.1 Å². The molecule has 2 rings (SSSR count). The number of carbonyl (C=O) groups is 1. The molecule has 21 heavy (non-hydrogen) atoms. The van der Waals surface area contributed by atoms with Gasteiger partial charge in [-0.2, -0.15) is 0 Å². The van der Waals surface area contributed by atoms with Crippen molar-refractivity contribution in [2.24, 2.45) is 0 Å². The Morgan fingerprint density at radius 3 is 2.71 bits per heavy atom. The Hall–Kier alpha value is -1.63. The number of nitrogens with zero attached hydrogens (tertiary/aromatic N) is 1. The third-order valence-electron chi connectivity index (χ3n) is 3.19. The molecule has 0 saturated carbocycles. The first kappa shape index (κ1) is 15.8. The lowest BCUT2D eigenvalue weighted by Crippen LogP contribution is -2.39. The van der Waals surface area contributed by atoms with Gasteiger partial charge in [0.25, 0.3) is 5.91 Å². The van der Waals surface area contributed by atoms with Crippen molar-refractivity contribution in [1.29, 1.82) is 0 Å². The van der Waals surface area contributed by atoms with E-state index in [1.54, 1.807) is 0 Å². The van der Waals surface area contributed by atoms with Crippen LogP contribution in [0.1, 0.15) is 5.56 Å². The van der Waals surface area contributed by atoms with E-state index in [4.69, 9.17) is 14.3 Å². The highest BCUT2D eigenvalue weighted by molar-refractivity contribution is 5.76. The molecule has 1 amide bonds. The molecule has 0 unspecified atom stereocenters. The summed E-state index contributed by atoms with van der Waals surface area (Å²) < 4.78 is 10.6. The molecule has 0 aliphatic carbocycles. The predicted octanol–water partition coefficient (Wildman–Crippen LogP) is 0.754. The Morgan fingerprint density at radius 2 is 2.00 bits per heavy atom. The zero-order valence-electron chi connectivity index (χ0n) is 12.3. The summed E-state index contributed by atoms with van der Waals surface area (Å²) >= 11 is 0. The summed E-state index contributed by atoms with van der Waals surface area (Å²) in [5.41, 5.74) is 3.53. The number of nitrogens with one attached hydrogen (secondary N) is 1. The van der Waals surface area contributed by atoms with E-state index in [9.17, 15) is 4.79 Å². The zero-order chi connectivity index (χ0) is 14.9. The van der Waals surface area contributed by atoms with Crippen LogP contribution in [0, 0.1) is 6.92 Å². The lowest BCUT2D eigenvalue weighted by Gasteiger charge is -2.26. The molecule has 1 aromatic rings. The van der Waals surface area contributed by atoms with Gasteiger partial charge >= 0.3 is 0 Å². The minimum atomic E-state index is -0.294. The highest BCUT2D eigenvalue weighted by atomic mass is 16.7. The smallest absolute Gasteiger partial charge is 0.281 e. The second-order valence-corrected chi connectivity index (χ2v) is 4.93. The maximum atomic E-state index is 11.5. The van der Waals surface area contributed by atoms with Crippen LogP contribution in [0.25, 0.3) is 0 Å². The minimum Gasteiger partial charge on any atom is -0.484 e. The van der Waals surface area contributed by atoms with E-state index in [-0.39, 0.29) is 12.5 Å². The van der Waals surface area contributed by atoms with E-state index < -0.39 is 0 Å². The van der Waals surface area contributed by atoms with Gasteiger partial charge in [0.05, 0.1) is 19.8 Å². The number of carbonyl (C=O) groups excluding carboxylic acids is 1. The van der Waals surface area contributed by atoms with Gasteiger partial charge in [-0.05, 0) is 19.1 Å². The number of benzene rings is 1. The van der Waals surface area contributed by atoms with Crippen LogP contribution in [0.15, 0.2) is 24.3 Å². The van der Waals surface area contributed by atoms with Crippen LogP contribution in [0.5, 0.6) is 5.75 Å². The summed E-state index contributed by atoms with van der Waals surface area (Å²) in [4.78, 5) is 18.9. The van der Waals surface area contributed by atoms with E-state index >= 15 is 0 Å². The molecule has 1 fully saturated rings. The molecule has 1 aliphatic rings. The lowest BCUT2D eigenvalue weighted by atomic mass is 10.2.